The SMILES string of the molecule is Cc1cc(C)c(Nc2cnc(Nc3ccc4ncsc4c3)nc2)c(C)c1. The second-order valence-electron chi connectivity index (χ2n) is 6.35. The topological polar surface area (TPSA) is 62.7 Å². The molecule has 2 N–H and O–H groups in total. The maximum absolute atomic E-state index is 4.42. The summed E-state index contributed by atoms with van der Waals surface area (Å²) in [5, 5.41) is 6.66. The third-order valence-electron chi connectivity index (χ3n) is 4.19. The van der Waals surface area contributed by atoms with Gasteiger partial charge in [-0.25, -0.2) is 15.0 Å². The number of fused-ring (bicyclic) bond motifs is 1. The van der Waals surface area contributed by atoms with E-state index in [1.54, 1.807) is 23.7 Å². The summed E-state index contributed by atoms with van der Waals surface area (Å²) in [5.74, 6) is 0.566. The van der Waals surface area contributed by atoms with Crippen LogP contribution in [0.2, 0.25) is 0 Å². The van der Waals surface area contributed by atoms with Crippen molar-refractivity contribution in [2.75, 3.05) is 10.6 Å². The number of hydrogen-bond donors (Lipinski definition) is 2. The van der Waals surface area contributed by atoms with Crippen molar-refractivity contribution in [2.24, 2.45) is 0 Å². The Morgan fingerprint density at radius 2 is 1.54 bits per heavy atom. The van der Waals surface area contributed by atoms with Crippen LogP contribution in [0.4, 0.5) is 23.0 Å². The van der Waals surface area contributed by atoms with E-state index in [-0.39, 0.29) is 0 Å². The Kier molecular flexibility index (Phi) is 4.26. The van der Waals surface area contributed by atoms with Crippen LogP contribution in [0.25, 0.3) is 10.2 Å². The van der Waals surface area contributed by atoms with Gasteiger partial charge in [0.05, 0.1) is 33.8 Å². The third-order valence-corrected chi connectivity index (χ3v) is 4.98. The average Bonchev–Trinajstić information content (AvgIpc) is 3.07. The lowest BCUT2D eigenvalue weighted by Crippen LogP contribution is -2.00. The van der Waals surface area contributed by atoms with E-state index in [0.29, 0.717) is 5.95 Å². The van der Waals surface area contributed by atoms with Crippen LogP contribution < -0.4 is 10.6 Å². The van der Waals surface area contributed by atoms with Gasteiger partial charge in [0, 0.05) is 11.4 Å². The van der Waals surface area contributed by atoms with Crippen LogP contribution in [0.1, 0.15) is 16.7 Å². The molecule has 0 fully saturated rings. The number of aryl methyl sites for hydroxylation is 3. The van der Waals surface area contributed by atoms with Crippen molar-refractivity contribution in [2.45, 2.75) is 20.8 Å². The molecule has 0 bridgehead atoms. The van der Waals surface area contributed by atoms with Crippen molar-refractivity contribution in [3.8, 4) is 0 Å². The Labute approximate surface area is 156 Å². The zero-order valence-corrected chi connectivity index (χ0v) is 15.7. The molecule has 0 aliphatic carbocycles. The van der Waals surface area contributed by atoms with Crippen molar-refractivity contribution in [1.82, 2.24) is 15.0 Å². The quantitative estimate of drug-likeness (QED) is 0.502. The van der Waals surface area contributed by atoms with E-state index in [1.807, 2.05) is 17.6 Å². The minimum absolute atomic E-state index is 0.566. The van der Waals surface area contributed by atoms with Crippen LogP contribution in [-0.4, -0.2) is 15.0 Å². The van der Waals surface area contributed by atoms with Gasteiger partial charge in [-0.1, -0.05) is 17.7 Å². The number of thiazole rings is 1. The van der Waals surface area contributed by atoms with Gasteiger partial charge in [0.15, 0.2) is 0 Å². The van der Waals surface area contributed by atoms with E-state index in [0.717, 1.165) is 27.3 Å². The first-order chi connectivity index (χ1) is 12.6. The summed E-state index contributed by atoms with van der Waals surface area (Å²) < 4.78 is 1.14. The summed E-state index contributed by atoms with van der Waals surface area (Å²) in [4.78, 5) is 13.1. The van der Waals surface area contributed by atoms with E-state index >= 15 is 0 Å². The largest absolute Gasteiger partial charge is 0.353 e. The molecule has 4 rings (SSSR count). The van der Waals surface area contributed by atoms with Gasteiger partial charge in [-0.15, -0.1) is 11.3 Å². The van der Waals surface area contributed by atoms with Gasteiger partial charge in [-0.05, 0) is 50.1 Å². The first-order valence-electron chi connectivity index (χ1n) is 8.36. The molecule has 2 aromatic carbocycles. The lowest BCUT2D eigenvalue weighted by atomic mass is 10.1. The Morgan fingerprint density at radius 1 is 0.808 bits per heavy atom. The maximum atomic E-state index is 4.42. The standard InChI is InChI=1S/C20H19N5S/c1-12-6-13(2)19(14(3)7-12)24-16-9-21-20(22-10-16)25-15-4-5-17-18(8-15)26-11-23-17/h4-11,24H,1-3H3,(H,21,22,25). The highest BCUT2D eigenvalue weighted by atomic mass is 32.1. The Hall–Kier alpha value is -2.99. The van der Waals surface area contributed by atoms with Crippen LogP contribution in [0.5, 0.6) is 0 Å². The van der Waals surface area contributed by atoms with Gasteiger partial charge in [0.1, 0.15) is 0 Å². The zero-order valence-electron chi connectivity index (χ0n) is 14.9. The number of hydrogen-bond acceptors (Lipinski definition) is 6. The van der Waals surface area contributed by atoms with Crippen LogP contribution in [0, 0.1) is 20.8 Å². The summed E-state index contributed by atoms with van der Waals surface area (Å²) in [6.07, 6.45) is 3.58. The molecular weight excluding hydrogens is 342 g/mol. The van der Waals surface area contributed by atoms with Gasteiger partial charge >= 0.3 is 0 Å². The van der Waals surface area contributed by atoms with Gasteiger partial charge in [0.25, 0.3) is 0 Å². The number of anilines is 4. The lowest BCUT2D eigenvalue weighted by Gasteiger charge is -2.13. The molecule has 0 amide bonds. The highest BCUT2D eigenvalue weighted by molar-refractivity contribution is 7.16. The fraction of sp³-hybridized carbons (Fsp3) is 0.150. The van der Waals surface area contributed by atoms with Crippen molar-refractivity contribution in [3.63, 3.8) is 0 Å². The Balaban J connectivity index is 1.51. The summed E-state index contributed by atoms with van der Waals surface area (Å²) in [6, 6.07) is 10.4. The molecule has 5 nitrogen and oxygen atoms in total. The summed E-state index contributed by atoms with van der Waals surface area (Å²) >= 11 is 1.62. The summed E-state index contributed by atoms with van der Waals surface area (Å²) in [6.45, 7) is 6.32. The predicted octanol–water partition coefficient (Wildman–Crippen LogP) is 5.50. The van der Waals surface area contributed by atoms with Gasteiger partial charge in [-0.3, -0.25) is 0 Å². The molecular formula is C20H19N5S. The molecule has 130 valence electrons. The molecule has 0 saturated heterocycles. The molecule has 4 aromatic rings. The van der Waals surface area contributed by atoms with Crippen LogP contribution in [0.15, 0.2) is 48.2 Å². The summed E-state index contributed by atoms with van der Waals surface area (Å²) in [5.41, 5.74) is 9.46. The second-order valence-corrected chi connectivity index (χ2v) is 7.24. The fourth-order valence-electron chi connectivity index (χ4n) is 3.04. The minimum Gasteiger partial charge on any atom is -0.353 e. The normalized spacial score (nSPS) is 10.9. The van der Waals surface area contributed by atoms with E-state index in [1.165, 1.54) is 16.7 Å². The van der Waals surface area contributed by atoms with Crippen molar-refractivity contribution >= 4 is 44.6 Å². The minimum atomic E-state index is 0.566. The molecule has 0 aliphatic rings. The Bertz CT molecular complexity index is 1050. The van der Waals surface area contributed by atoms with Gasteiger partial charge < -0.3 is 10.6 Å². The van der Waals surface area contributed by atoms with Crippen molar-refractivity contribution in [1.29, 1.82) is 0 Å². The molecule has 2 aromatic heterocycles. The maximum Gasteiger partial charge on any atom is 0.227 e. The van der Waals surface area contributed by atoms with Crippen LogP contribution in [0.3, 0.4) is 0 Å². The second kappa shape index (κ2) is 6.72. The van der Waals surface area contributed by atoms with Gasteiger partial charge in [0.2, 0.25) is 5.95 Å². The van der Waals surface area contributed by atoms with Crippen LogP contribution >= 0.6 is 11.3 Å². The third kappa shape index (κ3) is 3.36. The van der Waals surface area contributed by atoms with E-state index in [9.17, 15) is 0 Å². The van der Waals surface area contributed by atoms with Crippen LogP contribution in [-0.2, 0) is 0 Å². The molecule has 0 atom stereocenters. The molecule has 2 heterocycles. The molecule has 26 heavy (non-hydrogen) atoms. The smallest absolute Gasteiger partial charge is 0.227 e. The van der Waals surface area contributed by atoms with Gasteiger partial charge in [-0.2, -0.15) is 0 Å². The first-order valence-corrected chi connectivity index (χ1v) is 9.23. The number of rotatable bonds is 4. The van der Waals surface area contributed by atoms with E-state index in [4.69, 9.17) is 0 Å². The molecule has 0 aliphatic heterocycles. The number of benzene rings is 2. The van der Waals surface area contributed by atoms with E-state index in [2.05, 4.69) is 64.6 Å². The molecule has 0 unspecified atom stereocenters. The van der Waals surface area contributed by atoms with Crippen molar-refractivity contribution in [3.05, 3.63) is 64.9 Å². The predicted molar refractivity (Wildman–Crippen MR) is 109 cm³/mol. The number of nitrogens with zero attached hydrogens (tertiary/aromatic N) is 3. The van der Waals surface area contributed by atoms with E-state index < -0.39 is 0 Å². The average molecular weight is 361 g/mol. The molecule has 0 radical (unpaired) electrons. The Morgan fingerprint density at radius 3 is 2.27 bits per heavy atom. The highest BCUT2D eigenvalue weighted by Crippen LogP contribution is 2.26. The first kappa shape index (κ1) is 16.5. The lowest BCUT2D eigenvalue weighted by molar-refractivity contribution is 1.16. The highest BCUT2D eigenvalue weighted by Gasteiger charge is 2.06. The fourth-order valence-corrected chi connectivity index (χ4v) is 3.76. The number of nitrogens with one attached hydrogen (secondary N) is 2. The van der Waals surface area contributed by atoms with Crippen molar-refractivity contribution < 1.29 is 0 Å². The molecule has 0 spiro atoms. The molecule has 6 heteroatoms. The molecule has 0 saturated carbocycles. The monoisotopic (exact) mass is 361 g/mol. The number of aromatic nitrogens is 3. The summed E-state index contributed by atoms with van der Waals surface area (Å²) in [7, 11) is 0. The zero-order chi connectivity index (χ0) is 18.1.